The Labute approximate surface area is 101 Å². The fourth-order valence-corrected chi connectivity index (χ4v) is 3.90. The molecule has 2 heteroatoms. The van der Waals surface area contributed by atoms with Crippen LogP contribution in [-0.2, 0) is 0 Å². The second-order valence-electron chi connectivity index (χ2n) is 5.60. The van der Waals surface area contributed by atoms with Crippen LogP contribution < -0.4 is 5.32 Å². The lowest BCUT2D eigenvalue weighted by molar-refractivity contribution is 0.116. The minimum Gasteiger partial charge on any atom is -0.313 e. The zero-order valence-corrected chi connectivity index (χ0v) is 11.2. The number of likely N-dealkylation sites (N-methyl/N-ethyl adjacent to an activating group) is 1. The van der Waals surface area contributed by atoms with Gasteiger partial charge < -0.3 is 5.32 Å². The standard InChI is InChI=1S/C14H28N2/c1-4-12-10-9-11(3)16(12)14-8-6-7-13(14)15-5-2/h11-15H,4-10H2,1-3H3. The molecule has 1 N–H and O–H groups in total. The van der Waals surface area contributed by atoms with Gasteiger partial charge in [-0.15, -0.1) is 0 Å². The Morgan fingerprint density at radius 2 is 1.94 bits per heavy atom. The Kier molecular flexibility index (Phi) is 4.26. The third-order valence-electron chi connectivity index (χ3n) is 4.65. The molecule has 94 valence electrons. The summed E-state index contributed by atoms with van der Waals surface area (Å²) in [5.41, 5.74) is 0. The van der Waals surface area contributed by atoms with E-state index in [0.29, 0.717) is 0 Å². The lowest BCUT2D eigenvalue weighted by Gasteiger charge is -2.37. The van der Waals surface area contributed by atoms with E-state index >= 15 is 0 Å². The molecule has 16 heavy (non-hydrogen) atoms. The van der Waals surface area contributed by atoms with Gasteiger partial charge in [0.25, 0.3) is 0 Å². The number of hydrogen-bond acceptors (Lipinski definition) is 2. The summed E-state index contributed by atoms with van der Waals surface area (Å²) in [4.78, 5) is 2.85. The molecule has 2 aliphatic rings. The normalized spacial score (nSPS) is 40.7. The van der Waals surface area contributed by atoms with Crippen molar-refractivity contribution in [3.8, 4) is 0 Å². The monoisotopic (exact) mass is 224 g/mol. The van der Waals surface area contributed by atoms with Crippen molar-refractivity contribution in [2.24, 2.45) is 0 Å². The Balaban J connectivity index is 2.03. The van der Waals surface area contributed by atoms with Gasteiger partial charge in [-0.3, -0.25) is 4.90 Å². The van der Waals surface area contributed by atoms with Crippen molar-refractivity contribution in [2.45, 2.75) is 83.5 Å². The molecule has 0 radical (unpaired) electrons. The molecule has 1 saturated carbocycles. The molecule has 1 saturated heterocycles. The predicted octanol–water partition coefficient (Wildman–Crippen LogP) is 2.78. The van der Waals surface area contributed by atoms with E-state index < -0.39 is 0 Å². The Hall–Kier alpha value is -0.0800. The second kappa shape index (κ2) is 5.50. The van der Waals surface area contributed by atoms with E-state index in [1.165, 1.54) is 38.5 Å². The second-order valence-corrected chi connectivity index (χ2v) is 5.60. The number of likely N-dealkylation sites (tertiary alicyclic amines) is 1. The van der Waals surface area contributed by atoms with Gasteiger partial charge in [0, 0.05) is 24.2 Å². The van der Waals surface area contributed by atoms with E-state index in [-0.39, 0.29) is 0 Å². The molecule has 2 rings (SSSR count). The SMILES string of the molecule is CCNC1CCCC1N1C(C)CCC1CC. The molecule has 2 nitrogen and oxygen atoms in total. The molecule has 4 atom stereocenters. The molecule has 1 aliphatic carbocycles. The summed E-state index contributed by atoms with van der Waals surface area (Å²) in [5, 5.41) is 3.69. The van der Waals surface area contributed by atoms with Gasteiger partial charge in [-0.2, -0.15) is 0 Å². The summed E-state index contributed by atoms with van der Waals surface area (Å²) in [5.74, 6) is 0. The lowest BCUT2D eigenvalue weighted by atomic mass is 10.1. The van der Waals surface area contributed by atoms with E-state index in [4.69, 9.17) is 0 Å². The van der Waals surface area contributed by atoms with Crippen LogP contribution in [0.3, 0.4) is 0 Å². The maximum Gasteiger partial charge on any atom is 0.0255 e. The van der Waals surface area contributed by atoms with Crippen LogP contribution in [0.2, 0.25) is 0 Å². The molecule has 4 unspecified atom stereocenters. The first-order valence-electron chi connectivity index (χ1n) is 7.28. The minimum atomic E-state index is 0.764. The van der Waals surface area contributed by atoms with Gasteiger partial charge in [-0.25, -0.2) is 0 Å². The van der Waals surface area contributed by atoms with Crippen molar-refractivity contribution in [2.75, 3.05) is 6.54 Å². The molecule has 0 aromatic heterocycles. The van der Waals surface area contributed by atoms with Crippen LogP contribution in [0.25, 0.3) is 0 Å². The van der Waals surface area contributed by atoms with Crippen LogP contribution >= 0.6 is 0 Å². The third kappa shape index (κ3) is 2.28. The highest BCUT2D eigenvalue weighted by atomic mass is 15.3. The fourth-order valence-electron chi connectivity index (χ4n) is 3.90. The molecule has 1 heterocycles. The van der Waals surface area contributed by atoms with Crippen LogP contribution in [0.4, 0.5) is 0 Å². The summed E-state index contributed by atoms with van der Waals surface area (Å²) >= 11 is 0. The number of rotatable bonds is 4. The van der Waals surface area contributed by atoms with Gasteiger partial charge in [0.15, 0.2) is 0 Å². The summed E-state index contributed by atoms with van der Waals surface area (Å²) < 4.78 is 0. The van der Waals surface area contributed by atoms with Crippen molar-refractivity contribution < 1.29 is 0 Å². The Bertz CT molecular complexity index is 217. The average Bonchev–Trinajstić information content (AvgIpc) is 2.85. The number of nitrogens with zero attached hydrogens (tertiary/aromatic N) is 1. The van der Waals surface area contributed by atoms with Crippen molar-refractivity contribution in [3.05, 3.63) is 0 Å². The lowest BCUT2D eigenvalue weighted by Crippen LogP contribution is -2.51. The van der Waals surface area contributed by atoms with Crippen LogP contribution in [0.15, 0.2) is 0 Å². The highest BCUT2D eigenvalue weighted by Crippen LogP contribution is 2.35. The summed E-state index contributed by atoms with van der Waals surface area (Å²) in [6.45, 7) is 8.14. The van der Waals surface area contributed by atoms with Crippen molar-refractivity contribution in [3.63, 3.8) is 0 Å². The molecule has 0 bridgehead atoms. The molecule has 2 fully saturated rings. The molecule has 0 aromatic rings. The molecule has 0 amide bonds. The van der Waals surface area contributed by atoms with E-state index in [0.717, 1.165) is 30.7 Å². The average molecular weight is 224 g/mol. The first kappa shape index (κ1) is 12.4. The van der Waals surface area contributed by atoms with Crippen molar-refractivity contribution in [1.29, 1.82) is 0 Å². The summed E-state index contributed by atoms with van der Waals surface area (Å²) in [7, 11) is 0. The van der Waals surface area contributed by atoms with Crippen LogP contribution in [0.1, 0.15) is 59.3 Å². The number of hydrogen-bond donors (Lipinski definition) is 1. The van der Waals surface area contributed by atoms with Crippen molar-refractivity contribution >= 4 is 0 Å². The molecule has 1 aliphatic heterocycles. The molecular weight excluding hydrogens is 196 g/mol. The highest BCUT2D eigenvalue weighted by molar-refractivity contribution is 4.97. The molecule has 0 aromatic carbocycles. The first-order chi connectivity index (χ1) is 7.77. The predicted molar refractivity (Wildman–Crippen MR) is 69.7 cm³/mol. The topological polar surface area (TPSA) is 15.3 Å². The van der Waals surface area contributed by atoms with E-state index in [1.54, 1.807) is 0 Å². The maximum absolute atomic E-state index is 3.69. The van der Waals surface area contributed by atoms with Gasteiger partial charge in [-0.1, -0.05) is 20.3 Å². The first-order valence-corrected chi connectivity index (χ1v) is 7.28. The minimum absolute atomic E-state index is 0.764. The maximum atomic E-state index is 3.69. The van der Waals surface area contributed by atoms with Gasteiger partial charge in [0.05, 0.1) is 0 Å². The highest BCUT2D eigenvalue weighted by Gasteiger charge is 2.40. The summed E-state index contributed by atoms with van der Waals surface area (Å²) in [6.07, 6.45) is 8.39. The third-order valence-corrected chi connectivity index (χ3v) is 4.65. The van der Waals surface area contributed by atoms with Crippen LogP contribution in [0, 0.1) is 0 Å². The van der Waals surface area contributed by atoms with Gasteiger partial charge >= 0.3 is 0 Å². The van der Waals surface area contributed by atoms with Gasteiger partial charge in [0.2, 0.25) is 0 Å². The molecular formula is C14H28N2. The zero-order valence-electron chi connectivity index (χ0n) is 11.2. The van der Waals surface area contributed by atoms with E-state index in [1.807, 2.05) is 0 Å². The Morgan fingerprint density at radius 1 is 1.12 bits per heavy atom. The van der Waals surface area contributed by atoms with Gasteiger partial charge in [-0.05, 0) is 45.6 Å². The summed E-state index contributed by atoms with van der Waals surface area (Å²) in [6, 6.07) is 3.26. The van der Waals surface area contributed by atoms with Crippen molar-refractivity contribution in [1.82, 2.24) is 10.2 Å². The Morgan fingerprint density at radius 3 is 2.62 bits per heavy atom. The molecule has 0 spiro atoms. The van der Waals surface area contributed by atoms with E-state index in [9.17, 15) is 0 Å². The largest absolute Gasteiger partial charge is 0.313 e. The van der Waals surface area contributed by atoms with Crippen LogP contribution in [0.5, 0.6) is 0 Å². The van der Waals surface area contributed by atoms with Crippen LogP contribution in [-0.4, -0.2) is 35.6 Å². The fraction of sp³-hybridized carbons (Fsp3) is 1.00. The van der Waals surface area contributed by atoms with E-state index in [2.05, 4.69) is 31.0 Å². The van der Waals surface area contributed by atoms with Gasteiger partial charge in [0.1, 0.15) is 0 Å². The quantitative estimate of drug-likeness (QED) is 0.790. The zero-order chi connectivity index (χ0) is 11.5. The number of nitrogens with one attached hydrogen (secondary N) is 1. The smallest absolute Gasteiger partial charge is 0.0255 e.